The molecule has 3 aromatic rings. The van der Waals surface area contributed by atoms with E-state index in [0.717, 1.165) is 18.6 Å². The maximum absolute atomic E-state index is 14.3. The Morgan fingerprint density at radius 1 is 1.04 bits per heavy atom. The Bertz CT molecular complexity index is 1730. The summed E-state index contributed by atoms with van der Waals surface area (Å²) in [5.41, 5.74) is -0.394. The second kappa shape index (κ2) is 17.2. The third-order valence-corrected chi connectivity index (χ3v) is 10.0. The molecular formula is C36H45F3N4O7S. The predicted molar refractivity (Wildman–Crippen MR) is 187 cm³/mol. The summed E-state index contributed by atoms with van der Waals surface area (Å²) in [5.74, 6) is -0.617. The molecule has 11 nitrogen and oxygen atoms in total. The molecule has 0 saturated carbocycles. The first-order chi connectivity index (χ1) is 24.1. The number of amides is 3. The van der Waals surface area contributed by atoms with Gasteiger partial charge in [0.1, 0.15) is 5.75 Å². The molecule has 4 atom stereocenters. The molecule has 1 aliphatic heterocycles. The number of likely N-dealkylation sites (N-methyl/N-ethyl adjacent to an activating group) is 1. The van der Waals surface area contributed by atoms with E-state index in [1.54, 1.807) is 31.2 Å². The lowest BCUT2D eigenvalue weighted by Crippen LogP contribution is -2.48. The van der Waals surface area contributed by atoms with Crippen molar-refractivity contribution in [2.75, 3.05) is 43.4 Å². The Morgan fingerprint density at radius 2 is 1.71 bits per heavy atom. The molecule has 0 fully saturated rings. The van der Waals surface area contributed by atoms with Gasteiger partial charge in [-0.3, -0.25) is 9.52 Å². The van der Waals surface area contributed by atoms with Gasteiger partial charge >= 0.3 is 12.2 Å². The van der Waals surface area contributed by atoms with Crippen molar-refractivity contribution in [1.82, 2.24) is 9.80 Å². The second-order valence-electron chi connectivity index (χ2n) is 12.8. The van der Waals surface area contributed by atoms with E-state index in [9.17, 15) is 36.3 Å². The molecule has 278 valence electrons. The maximum Gasteiger partial charge on any atom is 0.416 e. The average molecular weight is 735 g/mol. The number of urea groups is 1. The zero-order chi connectivity index (χ0) is 37.3. The summed E-state index contributed by atoms with van der Waals surface area (Å²) in [5, 5.41) is 12.8. The van der Waals surface area contributed by atoms with Crippen LogP contribution in [0.25, 0.3) is 0 Å². The number of carbonyl (C=O) groups excluding carboxylic acids is 2. The highest BCUT2D eigenvalue weighted by molar-refractivity contribution is 7.92. The van der Waals surface area contributed by atoms with Crippen LogP contribution < -0.4 is 14.8 Å². The molecular weight excluding hydrogens is 689 g/mol. The molecule has 3 amide bonds. The van der Waals surface area contributed by atoms with Crippen molar-refractivity contribution in [2.45, 2.75) is 69.4 Å². The van der Waals surface area contributed by atoms with Crippen molar-refractivity contribution in [3.63, 3.8) is 0 Å². The molecule has 0 aliphatic carbocycles. The first-order valence-corrected chi connectivity index (χ1v) is 18.2. The lowest BCUT2D eigenvalue weighted by atomic mass is 10.0. The number of carbonyl (C=O) groups is 2. The van der Waals surface area contributed by atoms with Crippen LogP contribution in [0.5, 0.6) is 5.75 Å². The zero-order valence-electron chi connectivity index (χ0n) is 29.0. The number of sulfonamides is 1. The smallest absolute Gasteiger partial charge is 0.416 e. The van der Waals surface area contributed by atoms with Crippen LogP contribution >= 0.6 is 0 Å². The van der Waals surface area contributed by atoms with E-state index >= 15 is 0 Å². The number of fused-ring (bicyclic) bond motifs is 1. The Balaban J connectivity index is 1.59. The van der Waals surface area contributed by atoms with Gasteiger partial charge in [-0.25, -0.2) is 13.2 Å². The molecule has 0 unspecified atom stereocenters. The van der Waals surface area contributed by atoms with Crippen molar-refractivity contribution in [2.24, 2.45) is 5.92 Å². The molecule has 0 aromatic heterocycles. The molecule has 0 bridgehead atoms. The summed E-state index contributed by atoms with van der Waals surface area (Å²) < 4.78 is 80.2. The van der Waals surface area contributed by atoms with E-state index in [0.29, 0.717) is 19.4 Å². The number of hydrogen-bond acceptors (Lipinski definition) is 7. The number of halogens is 3. The fraction of sp³-hybridized carbons (Fsp3) is 0.444. The molecule has 4 rings (SSSR count). The molecule has 1 heterocycles. The van der Waals surface area contributed by atoms with Gasteiger partial charge in [0.25, 0.3) is 15.9 Å². The molecule has 0 saturated heterocycles. The van der Waals surface area contributed by atoms with Gasteiger partial charge in [-0.2, -0.15) is 13.2 Å². The van der Waals surface area contributed by atoms with Gasteiger partial charge in [-0.15, -0.1) is 0 Å². The van der Waals surface area contributed by atoms with E-state index in [-0.39, 0.29) is 59.3 Å². The van der Waals surface area contributed by atoms with Crippen LogP contribution in [-0.2, 0) is 20.9 Å². The predicted octanol–water partition coefficient (Wildman–Crippen LogP) is 6.47. The number of nitrogens with zero attached hydrogens (tertiary/aromatic N) is 2. The molecule has 3 aromatic carbocycles. The first-order valence-electron chi connectivity index (χ1n) is 16.7. The normalized spacial score (nSPS) is 20.0. The van der Waals surface area contributed by atoms with Crippen LogP contribution in [0.3, 0.4) is 0 Å². The summed E-state index contributed by atoms with van der Waals surface area (Å²) in [4.78, 5) is 30.3. The van der Waals surface area contributed by atoms with E-state index in [4.69, 9.17) is 9.47 Å². The van der Waals surface area contributed by atoms with E-state index < -0.39 is 45.8 Å². The van der Waals surface area contributed by atoms with Crippen molar-refractivity contribution in [3.05, 3.63) is 83.9 Å². The summed E-state index contributed by atoms with van der Waals surface area (Å²) >= 11 is 0. The number of ether oxygens (including phenoxy) is 2. The minimum atomic E-state index is -4.50. The highest BCUT2D eigenvalue weighted by Crippen LogP contribution is 2.31. The Labute approximate surface area is 296 Å². The SMILES string of the molecule is C[C@@H]1CCCCO[C@H](CN(C)C(=O)Nc2ccc(C(F)(F)F)cc2)[C@H](C)CN([C@H](C)CO)C(=O)c2cc(NS(=O)(=O)c3ccccc3)ccc2O1. The third kappa shape index (κ3) is 10.8. The molecule has 51 heavy (non-hydrogen) atoms. The summed E-state index contributed by atoms with van der Waals surface area (Å²) in [6.45, 7) is 5.58. The molecule has 0 spiro atoms. The van der Waals surface area contributed by atoms with Crippen LogP contribution in [0.2, 0.25) is 0 Å². The highest BCUT2D eigenvalue weighted by Gasteiger charge is 2.32. The van der Waals surface area contributed by atoms with E-state index in [1.807, 2.05) is 13.8 Å². The van der Waals surface area contributed by atoms with Gasteiger partial charge in [-0.05, 0) is 87.7 Å². The number of rotatable bonds is 8. The average Bonchev–Trinajstić information content (AvgIpc) is 3.09. The second-order valence-corrected chi connectivity index (χ2v) is 14.5. The van der Waals surface area contributed by atoms with Crippen LogP contribution in [0.15, 0.2) is 77.7 Å². The van der Waals surface area contributed by atoms with Crippen LogP contribution in [0.4, 0.5) is 29.3 Å². The largest absolute Gasteiger partial charge is 0.490 e. The van der Waals surface area contributed by atoms with Gasteiger partial charge in [-0.1, -0.05) is 25.1 Å². The highest BCUT2D eigenvalue weighted by atomic mass is 32.2. The summed E-state index contributed by atoms with van der Waals surface area (Å²) in [7, 11) is -2.43. The lowest BCUT2D eigenvalue weighted by Gasteiger charge is -2.35. The Kier molecular flexibility index (Phi) is 13.3. The van der Waals surface area contributed by atoms with E-state index in [1.165, 1.54) is 53.2 Å². The van der Waals surface area contributed by atoms with Crippen molar-refractivity contribution in [3.8, 4) is 5.75 Å². The molecule has 3 N–H and O–H groups in total. The Morgan fingerprint density at radius 3 is 2.35 bits per heavy atom. The van der Waals surface area contributed by atoms with Gasteiger partial charge in [0.2, 0.25) is 0 Å². The van der Waals surface area contributed by atoms with Gasteiger partial charge in [0.15, 0.2) is 0 Å². The number of hydrogen-bond donors (Lipinski definition) is 3. The van der Waals surface area contributed by atoms with Gasteiger partial charge in [0, 0.05) is 44.0 Å². The Hall–Kier alpha value is -4.34. The van der Waals surface area contributed by atoms with Crippen LogP contribution in [0.1, 0.15) is 56.0 Å². The number of alkyl halides is 3. The summed E-state index contributed by atoms with van der Waals surface area (Å²) in [6.07, 6.45) is -3.33. The van der Waals surface area contributed by atoms with Gasteiger partial charge < -0.3 is 29.7 Å². The van der Waals surface area contributed by atoms with Crippen molar-refractivity contribution >= 4 is 33.3 Å². The van der Waals surface area contributed by atoms with E-state index in [2.05, 4.69) is 10.0 Å². The van der Waals surface area contributed by atoms with Crippen LogP contribution in [-0.4, -0.2) is 86.9 Å². The minimum Gasteiger partial charge on any atom is -0.490 e. The molecule has 0 radical (unpaired) electrons. The number of nitrogens with one attached hydrogen (secondary N) is 2. The minimum absolute atomic E-state index is 0.0506. The fourth-order valence-corrected chi connectivity index (χ4v) is 6.65. The lowest BCUT2D eigenvalue weighted by molar-refractivity contribution is -0.137. The first kappa shape index (κ1) is 39.4. The number of aliphatic hydroxyl groups excluding tert-OH is 1. The topological polar surface area (TPSA) is 138 Å². The monoisotopic (exact) mass is 734 g/mol. The molecule has 15 heteroatoms. The fourth-order valence-electron chi connectivity index (χ4n) is 5.58. The van der Waals surface area contributed by atoms with Crippen molar-refractivity contribution in [1.29, 1.82) is 0 Å². The maximum atomic E-state index is 14.3. The van der Waals surface area contributed by atoms with Crippen LogP contribution in [0, 0.1) is 5.92 Å². The summed E-state index contributed by atoms with van der Waals surface area (Å²) in [6, 6.07) is 15.2. The zero-order valence-corrected chi connectivity index (χ0v) is 29.8. The molecule has 1 aliphatic rings. The van der Waals surface area contributed by atoms with Gasteiger partial charge in [0.05, 0.1) is 40.9 Å². The number of anilines is 2. The van der Waals surface area contributed by atoms with Crippen molar-refractivity contribution < 1.29 is 45.8 Å². The number of aliphatic hydroxyl groups is 1. The third-order valence-electron chi connectivity index (χ3n) is 8.62. The quantitative estimate of drug-likeness (QED) is 0.242. The standard InChI is InChI=1S/C36H45F3N4O7S/c1-24-21-43(25(2)23-44)34(45)31-20-29(41-51(47,48)30-11-6-5-7-12-30)17-18-32(31)50-26(3)10-8-9-19-49-33(24)22-42(4)35(46)40-28-15-13-27(14-16-28)36(37,38)39/h5-7,11-18,20,24-26,33,41,44H,8-10,19,21-23H2,1-4H3,(H,40,46)/t24-,25-,26-,33-/m1/s1. The number of benzene rings is 3.